The maximum absolute atomic E-state index is 13.3. The Balaban J connectivity index is 2.58. The zero-order chi connectivity index (χ0) is 10.3. The average molecular weight is 193 g/mol. The summed E-state index contributed by atoms with van der Waals surface area (Å²) in [4.78, 5) is 0. The van der Waals surface area contributed by atoms with Gasteiger partial charge in [-0.05, 0) is 25.0 Å². The second-order valence-corrected chi connectivity index (χ2v) is 4.36. The molecular formula is C12H16FN. The number of fused-ring (bicyclic) bond motifs is 1. The lowest BCUT2D eigenvalue weighted by Crippen LogP contribution is -2.22. The summed E-state index contributed by atoms with van der Waals surface area (Å²) in [6.45, 7) is 7.16. The minimum atomic E-state index is -0.114. The lowest BCUT2D eigenvalue weighted by atomic mass is 9.81. The Kier molecular flexibility index (Phi) is 2.02. The van der Waals surface area contributed by atoms with Gasteiger partial charge in [0.25, 0.3) is 0 Å². The van der Waals surface area contributed by atoms with Gasteiger partial charge in [0.15, 0.2) is 0 Å². The van der Waals surface area contributed by atoms with Crippen molar-refractivity contribution >= 4 is 5.69 Å². The maximum atomic E-state index is 13.3. The van der Waals surface area contributed by atoms with Gasteiger partial charge >= 0.3 is 0 Å². The number of rotatable bonds is 1. The number of nitrogens with one attached hydrogen (secondary N) is 1. The summed E-state index contributed by atoms with van der Waals surface area (Å²) in [6.07, 6.45) is 1.08. The lowest BCUT2D eigenvalue weighted by molar-refractivity contribution is 0.503. The van der Waals surface area contributed by atoms with E-state index in [2.05, 4.69) is 19.2 Å². The molecule has 0 saturated heterocycles. The smallest absolute Gasteiger partial charge is 0.128 e. The molecule has 2 heteroatoms. The molecule has 0 spiro atoms. The van der Waals surface area contributed by atoms with Crippen molar-refractivity contribution in [3.05, 3.63) is 29.1 Å². The molecule has 0 radical (unpaired) electrons. The summed E-state index contributed by atoms with van der Waals surface area (Å²) < 4.78 is 13.3. The standard InChI is InChI=1S/C12H16FN/c1-4-12(3)7-14-11-8(2)10(13)6-5-9(11)12/h5-6,14H,4,7H2,1-3H3. The molecule has 1 aromatic carbocycles. The average Bonchev–Trinajstić information content (AvgIpc) is 2.52. The number of hydrogen-bond donors (Lipinski definition) is 1. The van der Waals surface area contributed by atoms with Crippen LogP contribution in [0.15, 0.2) is 12.1 Å². The summed E-state index contributed by atoms with van der Waals surface area (Å²) in [5.74, 6) is -0.114. The fourth-order valence-electron chi connectivity index (χ4n) is 2.11. The first-order valence-corrected chi connectivity index (χ1v) is 5.12. The van der Waals surface area contributed by atoms with E-state index in [1.54, 1.807) is 6.07 Å². The molecule has 1 unspecified atom stereocenters. The van der Waals surface area contributed by atoms with Gasteiger partial charge in [-0.25, -0.2) is 4.39 Å². The van der Waals surface area contributed by atoms with Gasteiger partial charge in [-0.3, -0.25) is 0 Å². The molecule has 0 aliphatic carbocycles. The molecule has 0 aromatic heterocycles. The molecule has 0 fully saturated rings. The summed E-state index contributed by atoms with van der Waals surface area (Å²) in [6, 6.07) is 3.50. The van der Waals surface area contributed by atoms with Gasteiger partial charge in [-0.1, -0.05) is 19.9 Å². The summed E-state index contributed by atoms with van der Waals surface area (Å²) >= 11 is 0. The molecule has 0 amide bonds. The van der Waals surface area contributed by atoms with Crippen LogP contribution in [0.3, 0.4) is 0 Å². The van der Waals surface area contributed by atoms with E-state index in [-0.39, 0.29) is 11.2 Å². The summed E-state index contributed by atoms with van der Waals surface area (Å²) in [5, 5.41) is 3.31. The van der Waals surface area contributed by atoms with E-state index in [0.29, 0.717) is 0 Å². The minimum Gasteiger partial charge on any atom is -0.384 e. The van der Waals surface area contributed by atoms with Gasteiger partial charge in [-0.2, -0.15) is 0 Å². The van der Waals surface area contributed by atoms with Crippen molar-refractivity contribution < 1.29 is 4.39 Å². The number of hydrogen-bond acceptors (Lipinski definition) is 1. The molecule has 1 aliphatic heterocycles. The molecule has 1 atom stereocenters. The van der Waals surface area contributed by atoms with Crippen LogP contribution in [-0.2, 0) is 5.41 Å². The van der Waals surface area contributed by atoms with Crippen LogP contribution in [0.5, 0.6) is 0 Å². The Hall–Kier alpha value is -1.05. The first kappa shape index (κ1) is 9.50. The zero-order valence-electron chi connectivity index (χ0n) is 8.95. The molecule has 14 heavy (non-hydrogen) atoms. The maximum Gasteiger partial charge on any atom is 0.128 e. The quantitative estimate of drug-likeness (QED) is 0.722. The van der Waals surface area contributed by atoms with E-state index < -0.39 is 0 Å². The van der Waals surface area contributed by atoms with E-state index in [1.165, 1.54) is 5.56 Å². The van der Waals surface area contributed by atoms with Gasteiger partial charge in [0.1, 0.15) is 5.82 Å². The third kappa shape index (κ3) is 1.13. The first-order chi connectivity index (χ1) is 6.58. The van der Waals surface area contributed by atoms with Crippen molar-refractivity contribution in [3.8, 4) is 0 Å². The SMILES string of the molecule is CCC1(C)CNc2c1ccc(F)c2C. The van der Waals surface area contributed by atoms with E-state index >= 15 is 0 Å². The van der Waals surface area contributed by atoms with Crippen LogP contribution in [0.2, 0.25) is 0 Å². The van der Waals surface area contributed by atoms with Crippen LogP contribution in [0, 0.1) is 12.7 Å². The first-order valence-electron chi connectivity index (χ1n) is 5.12. The zero-order valence-corrected chi connectivity index (χ0v) is 8.95. The summed E-state index contributed by atoms with van der Waals surface area (Å²) in [7, 11) is 0. The van der Waals surface area contributed by atoms with Crippen LogP contribution in [0.1, 0.15) is 31.4 Å². The molecular weight excluding hydrogens is 177 g/mol. The highest BCUT2D eigenvalue weighted by atomic mass is 19.1. The highest BCUT2D eigenvalue weighted by molar-refractivity contribution is 5.64. The van der Waals surface area contributed by atoms with Crippen molar-refractivity contribution in [1.29, 1.82) is 0 Å². The fourth-order valence-corrected chi connectivity index (χ4v) is 2.11. The number of halogens is 1. The van der Waals surface area contributed by atoms with Crippen LogP contribution in [0.25, 0.3) is 0 Å². The Morgan fingerprint density at radius 3 is 2.86 bits per heavy atom. The largest absolute Gasteiger partial charge is 0.384 e. The molecule has 76 valence electrons. The van der Waals surface area contributed by atoms with E-state index in [9.17, 15) is 4.39 Å². The third-order valence-electron chi connectivity index (χ3n) is 3.48. The Labute approximate surface area is 84.3 Å². The predicted octanol–water partition coefficient (Wildman–Crippen LogP) is 3.23. The van der Waals surface area contributed by atoms with E-state index in [4.69, 9.17) is 0 Å². The monoisotopic (exact) mass is 193 g/mol. The van der Waals surface area contributed by atoms with Crippen LogP contribution in [-0.4, -0.2) is 6.54 Å². The van der Waals surface area contributed by atoms with Gasteiger partial charge in [0, 0.05) is 23.2 Å². The van der Waals surface area contributed by atoms with Crippen molar-refractivity contribution in [3.63, 3.8) is 0 Å². The molecule has 2 rings (SSSR count). The molecule has 1 aromatic rings. The molecule has 1 aliphatic rings. The second kappa shape index (κ2) is 2.97. The van der Waals surface area contributed by atoms with Crippen molar-refractivity contribution in [1.82, 2.24) is 0 Å². The normalized spacial score (nSPS) is 24.6. The highest BCUT2D eigenvalue weighted by Crippen LogP contribution is 2.41. The van der Waals surface area contributed by atoms with Crippen molar-refractivity contribution in [2.24, 2.45) is 0 Å². The number of anilines is 1. The molecule has 0 bridgehead atoms. The van der Waals surface area contributed by atoms with Crippen molar-refractivity contribution in [2.75, 3.05) is 11.9 Å². The van der Waals surface area contributed by atoms with Gasteiger partial charge in [0.05, 0.1) is 0 Å². The summed E-state index contributed by atoms with van der Waals surface area (Å²) in [5.41, 5.74) is 3.20. The predicted molar refractivity (Wildman–Crippen MR) is 57.3 cm³/mol. The Bertz CT molecular complexity index is 373. The Morgan fingerprint density at radius 2 is 2.21 bits per heavy atom. The molecule has 1 heterocycles. The fraction of sp³-hybridized carbons (Fsp3) is 0.500. The van der Waals surface area contributed by atoms with Gasteiger partial charge in [0.2, 0.25) is 0 Å². The van der Waals surface area contributed by atoms with E-state index in [1.807, 2.05) is 13.0 Å². The van der Waals surface area contributed by atoms with Crippen LogP contribution in [0.4, 0.5) is 10.1 Å². The van der Waals surface area contributed by atoms with Crippen molar-refractivity contribution in [2.45, 2.75) is 32.6 Å². The van der Waals surface area contributed by atoms with Gasteiger partial charge in [-0.15, -0.1) is 0 Å². The van der Waals surface area contributed by atoms with Crippen LogP contribution >= 0.6 is 0 Å². The third-order valence-corrected chi connectivity index (χ3v) is 3.48. The minimum absolute atomic E-state index is 0.114. The second-order valence-electron chi connectivity index (χ2n) is 4.36. The molecule has 1 nitrogen and oxygen atoms in total. The molecule has 0 saturated carbocycles. The lowest BCUT2D eigenvalue weighted by Gasteiger charge is -2.21. The van der Waals surface area contributed by atoms with Crippen LogP contribution < -0.4 is 5.32 Å². The number of benzene rings is 1. The van der Waals surface area contributed by atoms with E-state index in [0.717, 1.165) is 24.2 Å². The molecule has 1 N–H and O–H groups in total. The highest BCUT2D eigenvalue weighted by Gasteiger charge is 2.33. The Morgan fingerprint density at radius 1 is 1.50 bits per heavy atom. The van der Waals surface area contributed by atoms with Gasteiger partial charge < -0.3 is 5.32 Å². The topological polar surface area (TPSA) is 12.0 Å².